The van der Waals surface area contributed by atoms with E-state index in [4.69, 9.17) is 22.3 Å². The van der Waals surface area contributed by atoms with Gasteiger partial charge in [-0.25, -0.2) is 4.98 Å². The van der Waals surface area contributed by atoms with E-state index in [9.17, 15) is 0 Å². The van der Waals surface area contributed by atoms with E-state index < -0.39 is 0 Å². The molecular formula is C21H22ClN5. The van der Waals surface area contributed by atoms with Crippen molar-refractivity contribution in [3.63, 3.8) is 0 Å². The maximum absolute atomic E-state index is 6.06. The first-order valence-corrected chi connectivity index (χ1v) is 9.65. The van der Waals surface area contributed by atoms with Crippen LogP contribution in [0.5, 0.6) is 0 Å². The zero-order valence-electron chi connectivity index (χ0n) is 15.0. The number of nitrogens with one attached hydrogen (secondary N) is 1. The largest absolute Gasteiger partial charge is 0.356 e. The number of imidazole rings is 1. The number of nitrogens with zero attached hydrogens (tertiary/aromatic N) is 3. The van der Waals surface area contributed by atoms with Gasteiger partial charge in [0.05, 0.1) is 23.1 Å². The molecule has 2 aromatic carbocycles. The van der Waals surface area contributed by atoms with Crippen LogP contribution in [0.1, 0.15) is 17.5 Å². The second kappa shape index (κ2) is 7.94. The second-order valence-corrected chi connectivity index (χ2v) is 6.81. The summed E-state index contributed by atoms with van der Waals surface area (Å²) in [5, 5.41) is 4.57. The molecule has 27 heavy (non-hydrogen) atoms. The van der Waals surface area contributed by atoms with Crippen molar-refractivity contribution >= 4 is 39.5 Å². The third kappa shape index (κ3) is 3.61. The Morgan fingerprint density at radius 2 is 2.00 bits per heavy atom. The Hall–Kier alpha value is -2.63. The van der Waals surface area contributed by atoms with Crippen LogP contribution in [0.25, 0.3) is 21.9 Å². The summed E-state index contributed by atoms with van der Waals surface area (Å²) in [6.07, 6.45) is 2.73. The molecule has 0 amide bonds. The number of halogens is 1. The molecule has 0 saturated heterocycles. The lowest BCUT2D eigenvalue weighted by molar-refractivity contribution is 0.806. The molecule has 0 radical (unpaired) electrons. The molecule has 0 atom stereocenters. The Morgan fingerprint density at radius 1 is 1.11 bits per heavy atom. The van der Waals surface area contributed by atoms with Crippen LogP contribution in [0.4, 0.5) is 5.95 Å². The average Bonchev–Trinajstić information content (AvgIpc) is 3.05. The highest BCUT2D eigenvalue weighted by Crippen LogP contribution is 2.25. The molecule has 6 heteroatoms. The number of aromatic nitrogens is 3. The lowest BCUT2D eigenvalue weighted by Gasteiger charge is -2.12. The zero-order chi connectivity index (χ0) is 18.6. The van der Waals surface area contributed by atoms with Gasteiger partial charge in [-0.3, -0.25) is 4.98 Å². The van der Waals surface area contributed by atoms with Crippen molar-refractivity contribution in [2.75, 3.05) is 18.4 Å². The van der Waals surface area contributed by atoms with Gasteiger partial charge in [-0.1, -0.05) is 30.3 Å². The lowest BCUT2D eigenvalue weighted by atomic mass is 10.1. The van der Waals surface area contributed by atoms with E-state index in [0.717, 1.165) is 52.0 Å². The standard InChI is InChI=1S/C21H22ClN5/c22-13-15-7-8-18-19(12-15)27(21(26-18)25-11-3-9-23)14-17-5-1-4-16-6-2-10-24-20(16)17/h1-2,4-8,10,12H,3,9,11,13-14,23H2,(H,25,26). The normalized spacial score (nSPS) is 11.3. The van der Waals surface area contributed by atoms with Crippen LogP contribution in [-0.4, -0.2) is 27.6 Å². The number of pyridine rings is 1. The highest BCUT2D eigenvalue weighted by molar-refractivity contribution is 6.17. The van der Waals surface area contributed by atoms with Gasteiger partial charge in [0.2, 0.25) is 5.95 Å². The number of hydrogen-bond acceptors (Lipinski definition) is 4. The summed E-state index contributed by atoms with van der Waals surface area (Å²) in [6, 6.07) is 16.5. The van der Waals surface area contributed by atoms with E-state index in [1.165, 1.54) is 0 Å². The van der Waals surface area contributed by atoms with E-state index in [-0.39, 0.29) is 0 Å². The Kier molecular flexibility index (Phi) is 5.23. The highest BCUT2D eigenvalue weighted by Gasteiger charge is 2.13. The smallest absolute Gasteiger partial charge is 0.204 e. The topological polar surface area (TPSA) is 68.8 Å². The van der Waals surface area contributed by atoms with Gasteiger partial charge in [0, 0.05) is 24.0 Å². The van der Waals surface area contributed by atoms with Crippen molar-refractivity contribution in [2.24, 2.45) is 5.73 Å². The summed E-state index contributed by atoms with van der Waals surface area (Å²) in [7, 11) is 0. The molecule has 0 bridgehead atoms. The monoisotopic (exact) mass is 379 g/mol. The molecule has 138 valence electrons. The number of benzene rings is 2. The van der Waals surface area contributed by atoms with Crippen LogP contribution >= 0.6 is 11.6 Å². The summed E-state index contributed by atoms with van der Waals surface area (Å²) in [4.78, 5) is 9.37. The number of rotatable bonds is 7. The van der Waals surface area contributed by atoms with Crippen molar-refractivity contribution in [3.05, 3.63) is 65.9 Å². The fraction of sp³-hybridized carbons (Fsp3) is 0.238. The van der Waals surface area contributed by atoms with Crippen LogP contribution < -0.4 is 11.1 Å². The minimum atomic E-state index is 0.479. The third-order valence-electron chi connectivity index (χ3n) is 4.68. The predicted octanol–water partition coefficient (Wildman–Crippen LogP) is 4.13. The van der Waals surface area contributed by atoms with Crippen LogP contribution in [0.15, 0.2) is 54.7 Å². The Morgan fingerprint density at radius 3 is 2.85 bits per heavy atom. The summed E-state index contributed by atoms with van der Waals surface area (Å²) in [6.45, 7) is 2.12. The summed E-state index contributed by atoms with van der Waals surface area (Å²) in [5.41, 5.74) is 10.9. The van der Waals surface area contributed by atoms with Gasteiger partial charge in [-0.2, -0.15) is 0 Å². The molecule has 0 spiro atoms. The quantitative estimate of drug-likeness (QED) is 0.374. The molecule has 0 aliphatic heterocycles. The lowest BCUT2D eigenvalue weighted by Crippen LogP contribution is -2.13. The van der Waals surface area contributed by atoms with E-state index in [0.29, 0.717) is 19.0 Å². The zero-order valence-corrected chi connectivity index (χ0v) is 15.8. The number of alkyl halides is 1. The minimum Gasteiger partial charge on any atom is -0.356 e. The van der Waals surface area contributed by atoms with Crippen LogP contribution in [-0.2, 0) is 12.4 Å². The second-order valence-electron chi connectivity index (χ2n) is 6.54. The van der Waals surface area contributed by atoms with Gasteiger partial charge in [-0.05, 0) is 42.3 Å². The summed E-state index contributed by atoms with van der Waals surface area (Å²) in [5.74, 6) is 1.32. The molecule has 2 heterocycles. The average molecular weight is 380 g/mol. The maximum Gasteiger partial charge on any atom is 0.204 e. The highest BCUT2D eigenvalue weighted by atomic mass is 35.5. The van der Waals surface area contributed by atoms with Crippen molar-refractivity contribution in [1.29, 1.82) is 0 Å². The molecule has 0 aliphatic rings. The molecule has 3 N–H and O–H groups in total. The SMILES string of the molecule is NCCCNc1nc2ccc(CCl)cc2n1Cc1cccc2cccnc12. The van der Waals surface area contributed by atoms with Gasteiger partial charge in [0.1, 0.15) is 0 Å². The minimum absolute atomic E-state index is 0.479. The molecule has 0 saturated carbocycles. The van der Waals surface area contributed by atoms with Gasteiger partial charge >= 0.3 is 0 Å². The number of nitrogens with two attached hydrogens (primary N) is 1. The first-order valence-electron chi connectivity index (χ1n) is 9.12. The number of anilines is 1. The first kappa shape index (κ1) is 17.8. The van der Waals surface area contributed by atoms with E-state index >= 15 is 0 Å². The Balaban J connectivity index is 1.81. The van der Waals surface area contributed by atoms with Gasteiger partial charge in [0.15, 0.2) is 0 Å². The Labute approximate surface area is 163 Å². The van der Waals surface area contributed by atoms with E-state index in [1.54, 1.807) is 0 Å². The first-order chi connectivity index (χ1) is 13.3. The predicted molar refractivity (Wildman–Crippen MR) is 112 cm³/mol. The van der Waals surface area contributed by atoms with E-state index in [1.807, 2.05) is 24.4 Å². The molecule has 0 unspecified atom stereocenters. The van der Waals surface area contributed by atoms with Crippen molar-refractivity contribution in [1.82, 2.24) is 14.5 Å². The van der Waals surface area contributed by atoms with E-state index in [2.05, 4.69) is 45.2 Å². The number of hydrogen-bond donors (Lipinski definition) is 2. The molecule has 2 aromatic heterocycles. The molecule has 0 aliphatic carbocycles. The summed E-state index contributed by atoms with van der Waals surface area (Å²) < 4.78 is 2.20. The summed E-state index contributed by atoms with van der Waals surface area (Å²) >= 11 is 6.06. The van der Waals surface area contributed by atoms with Crippen LogP contribution in [0, 0.1) is 0 Å². The van der Waals surface area contributed by atoms with Crippen LogP contribution in [0.2, 0.25) is 0 Å². The molecule has 5 nitrogen and oxygen atoms in total. The van der Waals surface area contributed by atoms with Gasteiger partial charge in [0.25, 0.3) is 0 Å². The molecule has 4 rings (SSSR count). The van der Waals surface area contributed by atoms with Crippen molar-refractivity contribution in [3.8, 4) is 0 Å². The molecule has 0 fully saturated rings. The van der Waals surface area contributed by atoms with Crippen molar-refractivity contribution < 1.29 is 0 Å². The number of fused-ring (bicyclic) bond motifs is 2. The molecular weight excluding hydrogens is 358 g/mol. The number of para-hydroxylation sites is 1. The van der Waals surface area contributed by atoms with Gasteiger partial charge in [-0.15, -0.1) is 11.6 Å². The van der Waals surface area contributed by atoms with Gasteiger partial charge < -0.3 is 15.6 Å². The van der Waals surface area contributed by atoms with Crippen molar-refractivity contribution in [2.45, 2.75) is 18.8 Å². The fourth-order valence-corrected chi connectivity index (χ4v) is 3.48. The fourth-order valence-electron chi connectivity index (χ4n) is 3.31. The third-order valence-corrected chi connectivity index (χ3v) is 4.98. The molecule has 4 aromatic rings. The maximum atomic E-state index is 6.06. The van der Waals surface area contributed by atoms with Crippen LogP contribution in [0.3, 0.4) is 0 Å². The Bertz CT molecular complexity index is 1070.